The predicted octanol–water partition coefficient (Wildman–Crippen LogP) is 4.12. The highest BCUT2D eigenvalue weighted by Gasteiger charge is 2.37. The maximum atomic E-state index is 13.6. The summed E-state index contributed by atoms with van der Waals surface area (Å²) in [6, 6.07) is 9.85. The highest BCUT2D eigenvalue weighted by Crippen LogP contribution is 2.38. The van der Waals surface area contributed by atoms with Crippen LogP contribution in [0.3, 0.4) is 0 Å². The molecule has 158 valence electrons. The molecular weight excluding hydrogens is 397 g/mol. The number of barbiturate groups is 1. The summed E-state index contributed by atoms with van der Waals surface area (Å²) < 4.78 is 13.6. The first kappa shape index (κ1) is 20.5. The molecule has 7 heteroatoms. The molecule has 0 aromatic heterocycles. The van der Waals surface area contributed by atoms with Crippen LogP contribution >= 0.6 is 0 Å². The number of carbonyl (C=O) groups excluding carboxylic acids is 3. The number of hydrogen-bond donors (Lipinski definition) is 1. The Morgan fingerprint density at radius 2 is 1.81 bits per heavy atom. The van der Waals surface area contributed by atoms with Gasteiger partial charge in [-0.1, -0.05) is 18.2 Å². The van der Waals surface area contributed by atoms with E-state index in [1.807, 2.05) is 32.2 Å². The third-order valence-corrected chi connectivity index (χ3v) is 5.72. The van der Waals surface area contributed by atoms with Crippen LogP contribution in [-0.2, 0) is 9.59 Å². The number of amides is 4. The van der Waals surface area contributed by atoms with Gasteiger partial charge in [-0.15, -0.1) is 0 Å². The van der Waals surface area contributed by atoms with Gasteiger partial charge in [-0.05, 0) is 68.3 Å². The van der Waals surface area contributed by atoms with E-state index in [1.54, 1.807) is 0 Å². The third kappa shape index (κ3) is 3.52. The van der Waals surface area contributed by atoms with Crippen molar-refractivity contribution in [2.45, 2.75) is 26.3 Å². The van der Waals surface area contributed by atoms with Crippen molar-refractivity contribution in [2.75, 3.05) is 16.8 Å². The van der Waals surface area contributed by atoms with Gasteiger partial charge in [0.2, 0.25) is 0 Å². The second kappa shape index (κ2) is 7.19. The second-order valence-corrected chi connectivity index (χ2v) is 8.25. The first-order valence-corrected chi connectivity index (χ1v) is 9.83. The molecule has 2 aliphatic rings. The van der Waals surface area contributed by atoms with E-state index in [4.69, 9.17) is 0 Å². The minimum atomic E-state index is -0.911. The van der Waals surface area contributed by atoms with E-state index in [0.717, 1.165) is 27.8 Å². The van der Waals surface area contributed by atoms with Gasteiger partial charge in [-0.3, -0.25) is 14.9 Å². The van der Waals surface area contributed by atoms with E-state index < -0.39 is 23.7 Å². The van der Waals surface area contributed by atoms with Gasteiger partial charge in [0, 0.05) is 18.3 Å². The van der Waals surface area contributed by atoms with Crippen LogP contribution in [0, 0.1) is 5.82 Å². The van der Waals surface area contributed by atoms with Gasteiger partial charge in [0.25, 0.3) is 11.8 Å². The zero-order chi connectivity index (χ0) is 22.5. The fourth-order valence-corrected chi connectivity index (χ4v) is 3.94. The SMILES string of the molecule is CC1=CC(C)(C)N(C)c2ccc(/C=C3\C(=O)NC(=O)N(c4cccc(F)c4)C3=O)cc21. The molecule has 2 aliphatic heterocycles. The van der Waals surface area contributed by atoms with Crippen LogP contribution in [0.5, 0.6) is 0 Å². The van der Waals surface area contributed by atoms with Crippen molar-refractivity contribution in [3.63, 3.8) is 0 Å². The Balaban J connectivity index is 1.75. The minimum absolute atomic E-state index is 0.0500. The maximum absolute atomic E-state index is 13.6. The lowest BCUT2D eigenvalue weighted by atomic mass is 9.88. The van der Waals surface area contributed by atoms with E-state index in [0.29, 0.717) is 5.56 Å². The molecule has 0 atom stereocenters. The van der Waals surface area contributed by atoms with Gasteiger partial charge >= 0.3 is 6.03 Å². The molecule has 1 saturated heterocycles. The average Bonchev–Trinajstić information content (AvgIpc) is 2.69. The molecule has 0 bridgehead atoms. The summed E-state index contributed by atoms with van der Waals surface area (Å²) in [5.41, 5.74) is 3.49. The predicted molar refractivity (Wildman–Crippen MR) is 118 cm³/mol. The highest BCUT2D eigenvalue weighted by molar-refractivity contribution is 6.39. The first-order chi connectivity index (χ1) is 14.6. The van der Waals surface area contributed by atoms with Crippen molar-refractivity contribution in [3.05, 3.63) is 71.1 Å². The molecule has 4 rings (SSSR count). The molecular formula is C24H22FN3O3. The lowest BCUT2D eigenvalue weighted by molar-refractivity contribution is -0.122. The molecule has 2 heterocycles. The molecule has 4 amide bonds. The first-order valence-electron chi connectivity index (χ1n) is 9.83. The number of imide groups is 2. The summed E-state index contributed by atoms with van der Waals surface area (Å²) in [5, 5.41) is 2.15. The number of anilines is 2. The van der Waals surface area contributed by atoms with Gasteiger partial charge in [0.05, 0.1) is 11.2 Å². The maximum Gasteiger partial charge on any atom is 0.335 e. The topological polar surface area (TPSA) is 69.7 Å². The van der Waals surface area contributed by atoms with Crippen LogP contribution in [0.2, 0.25) is 0 Å². The Kier molecular flexibility index (Phi) is 4.76. The third-order valence-electron chi connectivity index (χ3n) is 5.72. The number of hydrogen-bond acceptors (Lipinski definition) is 4. The molecule has 2 aromatic rings. The second-order valence-electron chi connectivity index (χ2n) is 8.25. The van der Waals surface area contributed by atoms with Gasteiger partial charge < -0.3 is 4.90 Å². The summed E-state index contributed by atoms with van der Waals surface area (Å²) in [7, 11) is 2.01. The summed E-state index contributed by atoms with van der Waals surface area (Å²) in [5.74, 6) is -2.18. The molecule has 0 radical (unpaired) electrons. The quantitative estimate of drug-likeness (QED) is 0.587. The van der Waals surface area contributed by atoms with Crippen molar-refractivity contribution in [3.8, 4) is 0 Å². The van der Waals surface area contributed by atoms with Gasteiger partial charge in [0.15, 0.2) is 0 Å². The molecule has 0 aliphatic carbocycles. The zero-order valence-corrected chi connectivity index (χ0v) is 17.7. The van der Waals surface area contributed by atoms with E-state index >= 15 is 0 Å². The van der Waals surface area contributed by atoms with Crippen molar-refractivity contribution >= 4 is 40.9 Å². The lowest BCUT2D eigenvalue weighted by Crippen LogP contribution is -2.54. The van der Waals surface area contributed by atoms with Crippen molar-refractivity contribution < 1.29 is 18.8 Å². The van der Waals surface area contributed by atoms with Gasteiger partial charge in [-0.2, -0.15) is 0 Å². The van der Waals surface area contributed by atoms with Crippen LogP contribution in [0.1, 0.15) is 31.9 Å². The fraction of sp³-hybridized carbons (Fsp3) is 0.208. The number of benzene rings is 2. The smallest absolute Gasteiger partial charge is 0.335 e. The van der Waals surface area contributed by atoms with Crippen LogP contribution in [0.4, 0.5) is 20.6 Å². The standard InChI is InChI=1S/C24H22FN3O3/c1-14-13-24(2,3)27(4)20-9-8-15(10-18(14)20)11-19-21(29)26-23(31)28(22(19)30)17-7-5-6-16(25)12-17/h5-13H,1-4H3,(H,26,29,31)/b19-11+. The number of nitrogens with zero attached hydrogens (tertiary/aromatic N) is 2. The molecule has 2 aromatic carbocycles. The van der Waals surface area contributed by atoms with Gasteiger partial charge in [0.1, 0.15) is 11.4 Å². The number of fused-ring (bicyclic) bond motifs is 1. The Bertz CT molecular complexity index is 1200. The number of nitrogens with one attached hydrogen (secondary N) is 1. The Labute approximate surface area is 179 Å². The van der Waals surface area contributed by atoms with Gasteiger partial charge in [-0.25, -0.2) is 14.1 Å². The largest absolute Gasteiger partial charge is 0.366 e. The van der Waals surface area contributed by atoms with Crippen LogP contribution in [0.25, 0.3) is 11.6 Å². The number of carbonyl (C=O) groups is 3. The van der Waals surface area contributed by atoms with Crippen LogP contribution in [-0.4, -0.2) is 30.4 Å². The van der Waals surface area contributed by atoms with Crippen LogP contribution < -0.4 is 15.1 Å². The van der Waals surface area contributed by atoms with E-state index in [9.17, 15) is 18.8 Å². The number of halogens is 1. The fourth-order valence-electron chi connectivity index (χ4n) is 3.94. The van der Waals surface area contributed by atoms with Crippen molar-refractivity contribution in [1.82, 2.24) is 5.32 Å². The number of likely N-dealkylation sites (N-methyl/N-ethyl adjacent to an activating group) is 1. The molecule has 0 spiro atoms. The molecule has 6 nitrogen and oxygen atoms in total. The van der Waals surface area contributed by atoms with E-state index in [1.165, 1.54) is 24.3 Å². The zero-order valence-electron chi connectivity index (χ0n) is 17.7. The number of allylic oxidation sites excluding steroid dienone is 1. The van der Waals surface area contributed by atoms with Crippen molar-refractivity contribution in [1.29, 1.82) is 0 Å². The summed E-state index contributed by atoms with van der Waals surface area (Å²) in [6.45, 7) is 6.27. The summed E-state index contributed by atoms with van der Waals surface area (Å²) in [4.78, 5) is 40.6. The molecule has 1 fully saturated rings. The van der Waals surface area contributed by atoms with Crippen LogP contribution in [0.15, 0.2) is 54.1 Å². The Morgan fingerprint density at radius 3 is 2.52 bits per heavy atom. The lowest BCUT2D eigenvalue weighted by Gasteiger charge is -2.40. The molecule has 1 N–H and O–H groups in total. The molecule has 0 unspecified atom stereocenters. The molecule has 31 heavy (non-hydrogen) atoms. The molecule has 0 saturated carbocycles. The Morgan fingerprint density at radius 1 is 1.06 bits per heavy atom. The summed E-state index contributed by atoms with van der Waals surface area (Å²) in [6.07, 6.45) is 3.61. The Hall–Kier alpha value is -3.74. The number of urea groups is 1. The van der Waals surface area contributed by atoms with Crippen molar-refractivity contribution in [2.24, 2.45) is 0 Å². The number of rotatable bonds is 2. The highest BCUT2D eigenvalue weighted by atomic mass is 19.1. The average molecular weight is 419 g/mol. The monoisotopic (exact) mass is 419 g/mol. The minimum Gasteiger partial charge on any atom is -0.366 e. The van der Waals surface area contributed by atoms with E-state index in [-0.39, 0.29) is 16.8 Å². The van der Waals surface area contributed by atoms with E-state index in [2.05, 4.69) is 30.1 Å². The normalized spacial score (nSPS) is 19.3. The summed E-state index contributed by atoms with van der Waals surface area (Å²) >= 11 is 0.